The van der Waals surface area contributed by atoms with E-state index in [0.29, 0.717) is 61.4 Å². The van der Waals surface area contributed by atoms with Gasteiger partial charge in [-0.2, -0.15) is 5.26 Å². The molecule has 0 radical (unpaired) electrons. The maximum atomic E-state index is 13.7. The molecule has 5 rings (SSSR count). The second kappa shape index (κ2) is 12.3. The molecule has 2 aliphatic rings. The molecule has 0 bridgehead atoms. The van der Waals surface area contributed by atoms with Crippen molar-refractivity contribution < 1.29 is 19.1 Å². The summed E-state index contributed by atoms with van der Waals surface area (Å²) in [7, 11) is 3.06. The molecule has 1 aliphatic carbocycles. The summed E-state index contributed by atoms with van der Waals surface area (Å²) in [6.07, 6.45) is 0.857. The molecular formula is C30H29ClN6O4S2. The number of rotatable bonds is 8. The Hall–Kier alpha value is -4.05. The molecule has 222 valence electrons. The van der Waals surface area contributed by atoms with Gasteiger partial charge >= 0.3 is 0 Å². The molecule has 2 heterocycles. The van der Waals surface area contributed by atoms with Gasteiger partial charge in [-0.25, -0.2) is 0 Å². The predicted octanol–water partition coefficient (Wildman–Crippen LogP) is 5.88. The first-order valence-corrected chi connectivity index (χ1v) is 15.4. The zero-order valence-electron chi connectivity index (χ0n) is 23.9. The van der Waals surface area contributed by atoms with Crippen LogP contribution in [0.15, 0.2) is 69.5 Å². The molecule has 0 spiro atoms. The van der Waals surface area contributed by atoms with Gasteiger partial charge in [0.05, 0.1) is 37.5 Å². The number of thioether (sulfide) groups is 1. The van der Waals surface area contributed by atoms with Crippen molar-refractivity contribution in [1.82, 2.24) is 10.2 Å². The van der Waals surface area contributed by atoms with Crippen molar-refractivity contribution >= 4 is 57.2 Å². The van der Waals surface area contributed by atoms with E-state index in [4.69, 9.17) is 26.8 Å². The van der Waals surface area contributed by atoms with E-state index in [-0.39, 0.29) is 34.3 Å². The van der Waals surface area contributed by atoms with Crippen LogP contribution in [0.3, 0.4) is 0 Å². The number of halogens is 1. The zero-order valence-corrected chi connectivity index (χ0v) is 26.3. The third-order valence-corrected chi connectivity index (χ3v) is 9.56. The van der Waals surface area contributed by atoms with E-state index >= 15 is 0 Å². The summed E-state index contributed by atoms with van der Waals surface area (Å²) in [5.41, 5.74) is 8.96. The molecule has 3 aromatic rings. The molecule has 1 unspecified atom stereocenters. The number of carbonyl (C=O) groups is 2. The average molecular weight is 637 g/mol. The molecule has 1 amide bonds. The molecule has 43 heavy (non-hydrogen) atoms. The van der Waals surface area contributed by atoms with E-state index in [9.17, 15) is 14.9 Å². The Morgan fingerprint density at radius 1 is 1.21 bits per heavy atom. The van der Waals surface area contributed by atoms with Crippen LogP contribution in [0.25, 0.3) is 0 Å². The number of ether oxygens (including phenoxy) is 2. The Bertz CT molecular complexity index is 1710. The Morgan fingerprint density at radius 3 is 2.65 bits per heavy atom. The molecular weight excluding hydrogens is 608 g/mol. The minimum Gasteiger partial charge on any atom is -0.493 e. The first-order valence-electron chi connectivity index (χ1n) is 13.3. The number of nitrogens with two attached hydrogens (primary N) is 1. The molecule has 0 saturated carbocycles. The fraction of sp³-hybridized carbons (Fsp3) is 0.300. The van der Waals surface area contributed by atoms with E-state index in [1.165, 1.54) is 30.2 Å². The molecule has 3 N–H and O–H groups in total. The summed E-state index contributed by atoms with van der Waals surface area (Å²) in [4.78, 5) is 28.1. The topological polar surface area (TPSA) is 143 Å². The van der Waals surface area contributed by atoms with Crippen molar-refractivity contribution in [3.63, 3.8) is 0 Å². The lowest BCUT2D eigenvalue weighted by molar-refractivity contribution is -0.118. The fourth-order valence-electron chi connectivity index (χ4n) is 5.34. The van der Waals surface area contributed by atoms with Gasteiger partial charge in [-0.05, 0) is 35.6 Å². The van der Waals surface area contributed by atoms with Crippen molar-refractivity contribution in [1.29, 1.82) is 5.26 Å². The Labute approximate surface area is 262 Å². The van der Waals surface area contributed by atoms with Crippen molar-refractivity contribution in [3.05, 3.63) is 75.7 Å². The number of amides is 1. The highest BCUT2D eigenvalue weighted by Gasteiger charge is 2.45. The van der Waals surface area contributed by atoms with Crippen LogP contribution in [0.2, 0.25) is 5.02 Å². The van der Waals surface area contributed by atoms with Crippen LogP contribution in [-0.2, 0) is 9.59 Å². The number of aromatic nitrogens is 2. The summed E-state index contributed by atoms with van der Waals surface area (Å²) in [5.74, 6) is 0.317. The number of carbonyl (C=O) groups excluding carboxylic acids is 2. The smallest absolute Gasteiger partial charge is 0.234 e. The maximum Gasteiger partial charge on any atom is 0.234 e. The third-order valence-electron chi connectivity index (χ3n) is 7.18. The number of Topliss-reactive ketones (excluding diaryl/α,β-unsaturated/α-hetero) is 1. The van der Waals surface area contributed by atoms with Gasteiger partial charge in [0.2, 0.25) is 11.0 Å². The zero-order chi connectivity index (χ0) is 30.9. The number of nitriles is 1. The number of hydrogen-bond donors (Lipinski definition) is 2. The number of methoxy groups -OCH3 is 2. The second-order valence-corrected chi connectivity index (χ2v) is 13.3. The quantitative estimate of drug-likeness (QED) is 0.288. The first-order chi connectivity index (χ1) is 20.6. The maximum absolute atomic E-state index is 13.7. The minimum absolute atomic E-state index is 0.0626. The Kier molecular flexibility index (Phi) is 8.69. The van der Waals surface area contributed by atoms with Gasteiger partial charge in [0, 0.05) is 34.5 Å². The molecule has 1 aliphatic heterocycles. The van der Waals surface area contributed by atoms with Crippen LogP contribution in [-0.4, -0.2) is 41.9 Å². The summed E-state index contributed by atoms with van der Waals surface area (Å²) in [6.45, 7) is 4.05. The molecule has 1 aromatic heterocycles. The van der Waals surface area contributed by atoms with Gasteiger partial charge in [-0.1, -0.05) is 66.7 Å². The van der Waals surface area contributed by atoms with Gasteiger partial charge < -0.3 is 20.5 Å². The fourth-order valence-corrected chi connectivity index (χ4v) is 7.26. The minimum atomic E-state index is -0.685. The monoisotopic (exact) mass is 636 g/mol. The van der Waals surface area contributed by atoms with E-state index in [0.717, 1.165) is 0 Å². The number of ketones is 1. The molecule has 0 saturated heterocycles. The van der Waals surface area contributed by atoms with Crippen molar-refractivity contribution in [3.8, 4) is 17.6 Å². The van der Waals surface area contributed by atoms with Gasteiger partial charge in [-0.15, -0.1) is 10.2 Å². The average Bonchev–Trinajstić information content (AvgIpc) is 3.43. The van der Waals surface area contributed by atoms with Crippen LogP contribution >= 0.6 is 34.7 Å². The van der Waals surface area contributed by atoms with Gasteiger partial charge in [-0.3, -0.25) is 14.5 Å². The highest BCUT2D eigenvalue weighted by Crippen LogP contribution is 2.51. The number of allylic oxidation sites excluding steroid dienone is 3. The SMILES string of the molecule is COc1ccc(NC(=O)CSc2nnc(N3C(N)=C(C#N)C(c4ccccc4Cl)C4=C3CC(C)(C)CC4=O)s2)cc1OC. The van der Waals surface area contributed by atoms with Crippen molar-refractivity contribution in [2.24, 2.45) is 11.1 Å². The van der Waals surface area contributed by atoms with Gasteiger partial charge in [0.25, 0.3) is 0 Å². The molecule has 0 fully saturated rings. The van der Waals surface area contributed by atoms with Gasteiger partial charge in [0.1, 0.15) is 5.82 Å². The van der Waals surface area contributed by atoms with E-state index in [2.05, 4.69) is 21.6 Å². The highest BCUT2D eigenvalue weighted by molar-refractivity contribution is 8.01. The summed E-state index contributed by atoms with van der Waals surface area (Å²) in [5, 5.41) is 22.6. The summed E-state index contributed by atoms with van der Waals surface area (Å²) < 4.78 is 11.1. The number of anilines is 2. The van der Waals surface area contributed by atoms with Crippen LogP contribution in [0.1, 0.15) is 38.2 Å². The largest absolute Gasteiger partial charge is 0.493 e. The van der Waals surface area contributed by atoms with Crippen LogP contribution in [0.4, 0.5) is 10.8 Å². The lowest BCUT2D eigenvalue weighted by atomic mass is 9.68. The summed E-state index contributed by atoms with van der Waals surface area (Å²) in [6, 6.07) is 14.5. The predicted molar refractivity (Wildman–Crippen MR) is 167 cm³/mol. The molecule has 13 heteroatoms. The van der Waals surface area contributed by atoms with E-state index < -0.39 is 5.92 Å². The van der Waals surface area contributed by atoms with E-state index in [1.807, 2.05) is 26.0 Å². The Balaban J connectivity index is 1.43. The lowest BCUT2D eigenvalue weighted by Crippen LogP contribution is -2.42. The highest BCUT2D eigenvalue weighted by atomic mass is 35.5. The van der Waals surface area contributed by atoms with E-state index in [1.54, 1.807) is 42.3 Å². The summed E-state index contributed by atoms with van der Waals surface area (Å²) >= 11 is 9.01. The van der Waals surface area contributed by atoms with Gasteiger partial charge in [0.15, 0.2) is 21.6 Å². The lowest BCUT2D eigenvalue weighted by Gasteiger charge is -2.42. The first kappa shape index (κ1) is 30.4. The number of nitrogens with zero attached hydrogens (tertiary/aromatic N) is 4. The third kappa shape index (κ3) is 6.06. The van der Waals surface area contributed by atoms with Crippen molar-refractivity contribution in [2.75, 3.05) is 30.2 Å². The molecule has 2 aromatic carbocycles. The number of benzene rings is 2. The van der Waals surface area contributed by atoms with Crippen LogP contribution in [0, 0.1) is 16.7 Å². The van der Waals surface area contributed by atoms with Crippen LogP contribution < -0.4 is 25.4 Å². The molecule has 1 atom stereocenters. The Morgan fingerprint density at radius 2 is 1.95 bits per heavy atom. The number of hydrogen-bond acceptors (Lipinski definition) is 11. The van der Waals surface area contributed by atoms with Crippen molar-refractivity contribution in [2.45, 2.75) is 36.9 Å². The molecule has 10 nitrogen and oxygen atoms in total. The second-order valence-electron chi connectivity index (χ2n) is 10.8. The standard InChI is InChI=1S/C30H29ClN6O4S2/c1-30(2)12-20-26(21(38)13-30)25(17-7-5-6-8-19(17)31)18(14-32)27(33)37(20)28-35-36-29(43-28)42-15-24(39)34-16-9-10-22(40-3)23(11-16)41-4/h5-11,25H,12-13,15,33H2,1-4H3,(H,34,39). The normalized spacial score (nSPS) is 17.8. The van der Waals surface area contributed by atoms with Crippen LogP contribution in [0.5, 0.6) is 11.5 Å². The number of nitrogens with one attached hydrogen (secondary N) is 1.